The van der Waals surface area contributed by atoms with E-state index in [9.17, 15) is 8.42 Å². The third-order valence-electron chi connectivity index (χ3n) is 3.75. The van der Waals surface area contributed by atoms with E-state index in [2.05, 4.69) is 22.1 Å². The third kappa shape index (κ3) is 2.30. The highest BCUT2D eigenvalue weighted by Crippen LogP contribution is 2.36. The molecule has 0 amide bonds. The van der Waals surface area contributed by atoms with Gasteiger partial charge in [0, 0.05) is 11.8 Å². The van der Waals surface area contributed by atoms with E-state index in [-0.39, 0.29) is 4.90 Å². The molecule has 4 nitrogen and oxygen atoms in total. The SMILES string of the molecule is Cc1ccc(S(=O)(=O)NN=C2[C@H]3C=C[C@H]2CC3)cc1. The van der Waals surface area contributed by atoms with Crippen molar-refractivity contribution in [3.05, 3.63) is 42.0 Å². The fraction of sp³-hybridized carbons (Fsp3) is 0.357. The Labute approximate surface area is 113 Å². The molecule has 0 radical (unpaired) electrons. The minimum atomic E-state index is -3.55. The number of benzene rings is 1. The second-order valence-corrected chi connectivity index (χ2v) is 6.78. The molecule has 1 N–H and O–H groups in total. The molecule has 1 fully saturated rings. The molecule has 2 aliphatic carbocycles. The summed E-state index contributed by atoms with van der Waals surface area (Å²) in [4.78, 5) is 2.61. The Bertz CT molecular complexity index is 629. The average molecular weight is 276 g/mol. The molecule has 2 bridgehead atoms. The highest BCUT2D eigenvalue weighted by molar-refractivity contribution is 7.89. The van der Waals surface area contributed by atoms with Crippen LogP contribution in [0.5, 0.6) is 0 Å². The zero-order chi connectivity index (χ0) is 13.5. The van der Waals surface area contributed by atoms with Crippen LogP contribution < -0.4 is 4.83 Å². The number of aryl methyl sites for hydroxylation is 1. The number of hydrogen-bond donors (Lipinski definition) is 1. The van der Waals surface area contributed by atoms with Gasteiger partial charge in [0.05, 0.1) is 10.6 Å². The van der Waals surface area contributed by atoms with Crippen LogP contribution in [0.2, 0.25) is 0 Å². The molecule has 5 heteroatoms. The first-order chi connectivity index (χ1) is 9.06. The van der Waals surface area contributed by atoms with Crippen LogP contribution in [0.1, 0.15) is 18.4 Å². The molecule has 0 aromatic heterocycles. The maximum Gasteiger partial charge on any atom is 0.276 e. The number of hydrogen-bond acceptors (Lipinski definition) is 3. The number of fused-ring (bicyclic) bond motifs is 2. The van der Waals surface area contributed by atoms with Crippen LogP contribution in [0.15, 0.2) is 46.4 Å². The summed E-state index contributed by atoms with van der Waals surface area (Å²) in [5.74, 6) is 0.649. The molecule has 19 heavy (non-hydrogen) atoms. The fourth-order valence-electron chi connectivity index (χ4n) is 2.64. The molecule has 100 valence electrons. The predicted octanol–water partition coefficient (Wildman–Crippen LogP) is 2.23. The van der Waals surface area contributed by atoms with Gasteiger partial charge in [0.25, 0.3) is 10.0 Å². The quantitative estimate of drug-likeness (QED) is 0.680. The number of rotatable bonds is 3. The minimum Gasteiger partial charge on any atom is -0.200 e. The van der Waals surface area contributed by atoms with Crippen molar-refractivity contribution in [3.8, 4) is 0 Å². The van der Waals surface area contributed by atoms with Crippen molar-refractivity contribution in [2.45, 2.75) is 24.7 Å². The summed E-state index contributed by atoms with van der Waals surface area (Å²) in [5, 5.41) is 4.13. The van der Waals surface area contributed by atoms with Crippen LogP contribution in [0.25, 0.3) is 0 Å². The molecule has 1 aromatic carbocycles. The van der Waals surface area contributed by atoms with Gasteiger partial charge in [0.15, 0.2) is 0 Å². The number of allylic oxidation sites excluding steroid dienone is 2. The van der Waals surface area contributed by atoms with Gasteiger partial charge in [-0.2, -0.15) is 13.5 Å². The minimum absolute atomic E-state index is 0.251. The second-order valence-electron chi connectivity index (χ2n) is 5.12. The van der Waals surface area contributed by atoms with Crippen molar-refractivity contribution in [1.29, 1.82) is 0 Å². The number of nitrogens with one attached hydrogen (secondary N) is 1. The van der Waals surface area contributed by atoms with Gasteiger partial charge in [0.2, 0.25) is 0 Å². The molecular formula is C14H16N2O2S. The van der Waals surface area contributed by atoms with Crippen LogP contribution in [0, 0.1) is 18.8 Å². The van der Waals surface area contributed by atoms with Crippen LogP contribution in [-0.2, 0) is 10.0 Å². The standard InChI is InChI=1S/C14H16N2O2S/c1-10-2-8-13(9-3-10)19(17,18)16-15-14-11-4-5-12(14)7-6-11/h2-5,8-9,11-12,16H,6-7H2,1H3/t11-,12-/m0/s1. The molecule has 1 aromatic rings. The first-order valence-electron chi connectivity index (χ1n) is 6.40. The molecule has 0 spiro atoms. The molecular weight excluding hydrogens is 260 g/mol. The lowest BCUT2D eigenvalue weighted by atomic mass is 10.1. The van der Waals surface area contributed by atoms with Crippen molar-refractivity contribution < 1.29 is 8.42 Å². The Morgan fingerprint density at radius 3 is 2.21 bits per heavy atom. The van der Waals surface area contributed by atoms with Crippen molar-refractivity contribution in [1.82, 2.24) is 4.83 Å². The monoisotopic (exact) mass is 276 g/mol. The van der Waals surface area contributed by atoms with E-state index in [0.717, 1.165) is 24.1 Å². The topological polar surface area (TPSA) is 58.5 Å². The molecule has 3 rings (SSSR count). The van der Waals surface area contributed by atoms with Crippen LogP contribution in [-0.4, -0.2) is 14.1 Å². The number of sulfonamides is 1. The summed E-state index contributed by atoms with van der Waals surface area (Å²) in [5.41, 5.74) is 1.99. The van der Waals surface area contributed by atoms with E-state index in [0.29, 0.717) is 11.8 Å². The Morgan fingerprint density at radius 1 is 1.11 bits per heavy atom. The normalized spacial score (nSPS) is 24.8. The maximum absolute atomic E-state index is 12.1. The lowest BCUT2D eigenvalue weighted by molar-refractivity contribution is 0.584. The smallest absolute Gasteiger partial charge is 0.200 e. The molecule has 0 saturated heterocycles. The van der Waals surface area contributed by atoms with Crippen molar-refractivity contribution in [3.63, 3.8) is 0 Å². The Kier molecular flexibility index (Phi) is 2.93. The highest BCUT2D eigenvalue weighted by atomic mass is 32.2. The third-order valence-corrected chi connectivity index (χ3v) is 4.97. The molecule has 1 saturated carbocycles. The molecule has 0 heterocycles. The summed E-state index contributed by atoms with van der Waals surface area (Å²) >= 11 is 0. The maximum atomic E-state index is 12.1. The Balaban J connectivity index is 1.80. The summed E-state index contributed by atoms with van der Waals surface area (Å²) in [6, 6.07) is 6.75. The predicted molar refractivity (Wildman–Crippen MR) is 74.3 cm³/mol. The molecule has 2 atom stereocenters. The van der Waals surface area contributed by atoms with Crippen molar-refractivity contribution in [2.75, 3.05) is 0 Å². The van der Waals surface area contributed by atoms with Gasteiger partial charge < -0.3 is 0 Å². The Morgan fingerprint density at radius 2 is 1.68 bits per heavy atom. The first-order valence-corrected chi connectivity index (χ1v) is 7.89. The molecule has 0 unspecified atom stereocenters. The van der Waals surface area contributed by atoms with Gasteiger partial charge in [-0.3, -0.25) is 0 Å². The lowest BCUT2D eigenvalue weighted by Crippen LogP contribution is -2.21. The van der Waals surface area contributed by atoms with Gasteiger partial charge in [-0.1, -0.05) is 29.8 Å². The van der Waals surface area contributed by atoms with E-state index in [1.54, 1.807) is 24.3 Å². The second kappa shape index (κ2) is 4.49. The van der Waals surface area contributed by atoms with Gasteiger partial charge in [0.1, 0.15) is 0 Å². The fourth-order valence-corrected chi connectivity index (χ4v) is 3.46. The van der Waals surface area contributed by atoms with Crippen molar-refractivity contribution in [2.24, 2.45) is 16.9 Å². The summed E-state index contributed by atoms with van der Waals surface area (Å²) < 4.78 is 24.2. The summed E-state index contributed by atoms with van der Waals surface area (Å²) in [6.07, 6.45) is 6.39. The Hall–Kier alpha value is -1.62. The van der Waals surface area contributed by atoms with Crippen LogP contribution in [0.4, 0.5) is 0 Å². The van der Waals surface area contributed by atoms with E-state index < -0.39 is 10.0 Å². The lowest BCUT2D eigenvalue weighted by Gasteiger charge is -2.07. The van der Waals surface area contributed by atoms with Gasteiger partial charge in [-0.25, -0.2) is 4.83 Å². The van der Waals surface area contributed by atoms with Crippen LogP contribution >= 0.6 is 0 Å². The van der Waals surface area contributed by atoms with Crippen LogP contribution in [0.3, 0.4) is 0 Å². The summed E-state index contributed by atoms with van der Waals surface area (Å²) in [7, 11) is -3.55. The van der Waals surface area contributed by atoms with E-state index in [1.807, 2.05) is 6.92 Å². The van der Waals surface area contributed by atoms with Crippen molar-refractivity contribution >= 4 is 15.7 Å². The summed E-state index contributed by atoms with van der Waals surface area (Å²) in [6.45, 7) is 1.92. The first kappa shape index (κ1) is 12.4. The number of nitrogens with zero attached hydrogens (tertiary/aromatic N) is 1. The zero-order valence-corrected chi connectivity index (χ0v) is 11.5. The van der Waals surface area contributed by atoms with E-state index >= 15 is 0 Å². The largest absolute Gasteiger partial charge is 0.276 e. The van der Waals surface area contributed by atoms with Gasteiger partial charge in [-0.05, 0) is 31.9 Å². The zero-order valence-electron chi connectivity index (χ0n) is 10.7. The average Bonchev–Trinajstić information content (AvgIpc) is 2.96. The van der Waals surface area contributed by atoms with E-state index in [4.69, 9.17) is 0 Å². The van der Waals surface area contributed by atoms with Gasteiger partial charge in [-0.15, -0.1) is 0 Å². The molecule has 0 aliphatic heterocycles. The highest BCUT2D eigenvalue weighted by Gasteiger charge is 2.34. The molecule has 2 aliphatic rings. The van der Waals surface area contributed by atoms with E-state index in [1.165, 1.54) is 0 Å². The number of hydrazone groups is 1. The van der Waals surface area contributed by atoms with Gasteiger partial charge >= 0.3 is 0 Å².